The lowest BCUT2D eigenvalue weighted by atomic mass is 9.99. The number of halogens is 1. The molecule has 0 spiro atoms. The smallest absolute Gasteiger partial charge is 0.310 e. The lowest BCUT2D eigenvalue weighted by Crippen LogP contribution is -2.11. The van der Waals surface area contributed by atoms with E-state index in [1.807, 2.05) is 6.07 Å². The molecule has 96 valence electrons. The average molecular weight is 312 g/mol. The van der Waals surface area contributed by atoms with Crippen molar-refractivity contribution in [1.29, 1.82) is 5.26 Å². The van der Waals surface area contributed by atoms with E-state index in [2.05, 4.69) is 22.0 Å². The molecule has 0 aliphatic carbocycles. The highest BCUT2D eigenvalue weighted by Crippen LogP contribution is 2.27. The molecule has 0 radical (unpaired) electrons. The highest BCUT2D eigenvalue weighted by Gasteiger charge is 2.16. The molecule has 0 aliphatic rings. The van der Waals surface area contributed by atoms with E-state index in [4.69, 9.17) is 9.47 Å². The molecular weight excluding hydrogens is 298 g/mol. The van der Waals surface area contributed by atoms with Crippen LogP contribution in [0.1, 0.15) is 23.6 Å². The van der Waals surface area contributed by atoms with Crippen LogP contribution in [0, 0.1) is 11.3 Å². The largest absolute Gasteiger partial charge is 0.495 e. The lowest BCUT2D eigenvalue weighted by molar-refractivity contribution is -0.142. The summed E-state index contributed by atoms with van der Waals surface area (Å²) in [6.07, 6.45) is 0.0782. The molecule has 0 saturated heterocycles. The first-order valence-electron chi connectivity index (χ1n) is 5.48. The molecule has 0 aromatic heterocycles. The average Bonchev–Trinajstić information content (AvgIpc) is 2.38. The number of alkyl halides is 1. The zero-order valence-corrected chi connectivity index (χ0v) is 11.9. The summed E-state index contributed by atoms with van der Waals surface area (Å²) in [5, 5.41) is 9.77. The minimum absolute atomic E-state index is 0.0782. The molecule has 0 bridgehead atoms. The number of benzene rings is 1. The van der Waals surface area contributed by atoms with Gasteiger partial charge in [0.15, 0.2) is 0 Å². The monoisotopic (exact) mass is 311 g/mol. The van der Waals surface area contributed by atoms with Crippen molar-refractivity contribution in [3.05, 3.63) is 28.8 Å². The van der Waals surface area contributed by atoms with Gasteiger partial charge in [0.1, 0.15) is 11.8 Å². The Morgan fingerprint density at radius 3 is 2.72 bits per heavy atom. The number of carbonyl (C=O) groups excluding carboxylic acids is 1. The van der Waals surface area contributed by atoms with E-state index in [0.717, 1.165) is 5.56 Å². The molecule has 0 fully saturated rings. The van der Waals surface area contributed by atoms with Crippen molar-refractivity contribution in [2.45, 2.75) is 18.7 Å². The third-order valence-corrected chi connectivity index (χ3v) is 3.08. The van der Waals surface area contributed by atoms with Crippen LogP contribution in [0.25, 0.3) is 0 Å². The van der Waals surface area contributed by atoms with Crippen LogP contribution in [0.4, 0.5) is 0 Å². The van der Waals surface area contributed by atoms with Gasteiger partial charge in [-0.3, -0.25) is 4.79 Å². The van der Waals surface area contributed by atoms with Crippen LogP contribution in [0.15, 0.2) is 12.1 Å². The summed E-state index contributed by atoms with van der Waals surface area (Å²) in [6.45, 7) is 2.08. The Bertz CT molecular complexity index is 480. The molecule has 0 saturated carbocycles. The second kappa shape index (κ2) is 7.02. The van der Waals surface area contributed by atoms with Gasteiger partial charge in [0.25, 0.3) is 0 Å². The molecule has 1 aromatic rings. The Morgan fingerprint density at radius 1 is 1.50 bits per heavy atom. The topological polar surface area (TPSA) is 59.3 Å². The highest BCUT2D eigenvalue weighted by atomic mass is 79.9. The molecule has 0 aliphatic heterocycles. The molecular formula is C13H14BrNO3. The fraction of sp³-hybridized carbons (Fsp3) is 0.385. The second-order valence-electron chi connectivity index (χ2n) is 3.51. The Morgan fingerprint density at radius 2 is 2.22 bits per heavy atom. The fourth-order valence-corrected chi connectivity index (χ4v) is 2.17. The molecule has 4 nitrogen and oxygen atoms in total. The van der Waals surface area contributed by atoms with Crippen molar-refractivity contribution in [2.24, 2.45) is 0 Å². The molecule has 5 heteroatoms. The summed E-state index contributed by atoms with van der Waals surface area (Å²) in [5.74, 6) is 0.131. The number of methoxy groups -OCH3 is 1. The molecule has 0 atom stereocenters. The van der Waals surface area contributed by atoms with E-state index in [1.165, 1.54) is 7.11 Å². The SMILES string of the molecule is CCOC(=O)Cc1c(CBr)ccc(OC)c1C#N. The van der Waals surface area contributed by atoms with Crippen LogP contribution >= 0.6 is 15.9 Å². The Balaban J connectivity index is 3.20. The minimum Gasteiger partial charge on any atom is -0.495 e. The standard InChI is InChI=1S/C13H14BrNO3/c1-3-18-13(16)6-10-9(7-14)4-5-12(17-2)11(10)8-15/h4-5H,3,6-7H2,1-2H3. The van der Waals surface area contributed by atoms with Crippen molar-refractivity contribution in [3.63, 3.8) is 0 Å². The van der Waals surface area contributed by atoms with Crippen LogP contribution in [0.5, 0.6) is 5.75 Å². The normalized spacial score (nSPS) is 9.67. The van der Waals surface area contributed by atoms with E-state index in [0.29, 0.717) is 28.8 Å². The van der Waals surface area contributed by atoms with Gasteiger partial charge >= 0.3 is 5.97 Å². The summed E-state index contributed by atoms with van der Waals surface area (Å²) in [5.41, 5.74) is 1.94. The highest BCUT2D eigenvalue weighted by molar-refractivity contribution is 9.08. The quantitative estimate of drug-likeness (QED) is 0.619. The molecule has 1 rings (SSSR count). The van der Waals surface area contributed by atoms with Gasteiger partial charge in [0, 0.05) is 5.33 Å². The number of carbonyl (C=O) groups is 1. The van der Waals surface area contributed by atoms with Gasteiger partial charge in [-0.25, -0.2) is 0 Å². The maximum Gasteiger partial charge on any atom is 0.310 e. The lowest BCUT2D eigenvalue weighted by Gasteiger charge is -2.12. The first-order chi connectivity index (χ1) is 8.67. The zero-order chi connectivity index (χ0) is 13.5. The van der Waals surface area contributed by atoms with Gasteiger partial charge in [0.05, 0.1) is 25.7 Å². The van der Waals surface area contributed by atoms with Gasteiger partial charge in [-0.15, -0.1) is 0 Å². The summed E-state index contributed by atoms with van der Waals surface area (Å²) >= 11 is 3.34. The predicted molar refractivity (Wildman–Crippen MR) is 70.7 cm³/mol. The first kappa shape index (κ1) is 14.5. The maximum absolute atomic E-state index is 11.6. The number of rotatable bonds is 5. The van der Waals surface area contributed by atoms with Crippen molar-refractivity contribution < 1.29 is 14.3 Å². The van der Waals surface area contributed by atoms with Gasteiger partial charge < -0.3 is 9.47 Å². The van der Waals surface area contributed by atoms with E-state index in [-0.39, 0.29) is 12.4 Å². The Labute approximate surface area is 115 Å². The molecule has 18 heavy (non-hydrogen) atoms. The van der Waals surface area contributed by atoms with Crippen LogP contribution < -0.4 is 4.74 Å². The fourth-order valence-electron chi connectivity index (χ4n) is 1.65. The Hall–Kier alpha value is -1.54. The number of hydrogen-bond acceptors (Lipinski definition) is 4. The van der Waals surface area contributed by atoms with E-state index < -0.39 is 0 Å². The zero-order valence-electron chi connectivity index (χ0n) is 10.3. The maximum atomic E-state index is 11.6. The number of nitrogens with zero attached hydrogens (tertiary/aromatic N) is 1. The van der Waals surface area contributed by atoms with Gasteiger partial charge in [-0.2, -0.15) is 5.26 Å². The predicted octanol–water partition coefficient (Wildman–Crippen LogP) is 2.57. The van der Waals surface area contributed by atoms with Crippen LogP contribution in [0.2, 0.25) is 0 Å². The minimum atomic E-state index is -0.343. The number of hydrogen-bond donors (Lipinski definition) is 0. The van der Waals surface area contributed by atoms with Gasteiger partial charge in [-0.05, 0) is 24.1 Å². The van der Waals surface area contributed by atoms with Crippen molar-refractivity contribution in [2.75, 3.05) is 13.7 Å². The molecule has 0 heterocycles. The van der Waals surface area contributed by atoms with Crippen molar-refractivity contribution in [1.82, 2.24) is 0 Å². The van der Waals surface area contributed by atoms with E-state index in [1.54, 1.807) is 13.0 Å². The molecule has 0 amide bonds. The van der Waals surface area contributed by atoms with Gasteiger partial charge in [0.2, 0.25) is 0 Å². The van der Waals surface area contributed by atoms with Crippen LogP contribution in [-0.2, 0) is 21.3 Å². The van der Waals surface area contributed by atoms with Crippen LogP contribution in [-0.4, -0.2) is 19.7 Å². The molecule has 0 unspecified atom stereocenters. The summed E-state index contributed by atoms with van der Waals surface area (Å²) in [6, 6.07) is 5.65. The van der Waals surface area contributed by atoms with Crippen LogP contribution in [0.3, 0.4) is 0 Å². The van der Waals surface area contributed by atoms with E-state index in [9.17, 15) is 10.1 Å². The summed E-state index contributed by atoms with van der Waals surface area (Å²) in [7, 11) is 1.50. The third-order valence-electron chi connectivity index (χ3n) is 2.47. The number of esters is 1. The Kier molecular flexibility index (Phi) is 5.66. The second-order valence-corrected chi connectivity index (χ2v) is 4.07. The number of nitriles is 1. The molecule has 0 N–H and O–H groups in total. The van der Waals surface area contributed by atoms with Crippen molar-refractivity contribution >= 4 is 21.9 Å². The number of ether oxygens (including phenoxy) is 2. The molecule has 1 aromatic carbocycles. The van der Waals surface area contributed by atoms with E-state index >= 15 is 0 Å². The van der Waals surface area contributed by atoms with Crippen molar-refractivity contribution in [3.8, 4) is 11.8 Å². The third kappa shape index (κ3) is 3.23. The van der Waals surface area contributed by atoms with Gasteiger partial charge in [-0.1, -0.05) is 22.0 Å². The summed E-state index contributed by atoms with van der Waals surface area (Å²) < 4.78 is 10.0. The summed E-state index contributed by atoms with van der Waals surface area (Å²) in [4.78, 5) is 11.6. The first-order valence-corrected chi connectivity index (χ1v) is 6.60.